The van der Waals surface area contributed by atoms with Crippen molar-refractivity contribution in [2.45, 2.75) is 45.4 Å². The number of carbonyl (C=O) groups excluding carboxylic acids is 1. The molecule has 1 aromatic carbocycles. The lowest BCUT2D eigenvalue weighted by molar-refractivity contribution is -0.121. The predicted molar refractivity (Wildman–Crippen MR) is 80.6 cm³/mol. The smallest absolute Gasteiger partial charge is 0.240 e. The van der Waals surface area contributed by atoms with Crippen molar-refractivity contribution in [2.24, 2.45) is 5.10 Å². The van der Waals surface area contributed by atoms with E-state index in [9.17, 15) is 4.79 Å². The Morgan fingerprint density at radius 2 is 1.89 bits per heavy atom. The first kappa shape index (κ1) is 15.7. The Morgan fingerprint density at radius 3 is 2.58 bits per heavy atom. The summed E-state index contributed by atoms with van der Waals surface area (Å²) in [7, 11) is 0. The van der Waals surface area contributed by atoms with Crippen molar-refractivity contribution in [3.8, 4) is 0 Å². The maximum Gasteiger partial charge on any atom is 0.240 e. The lowest BCUT2D eigenvalue weighted by Crippen LogP contribution is -2.16. The van der Waals surface area contributed by atoms with E-state index in [0.717, 1.165) is 18.4 Å². The van der Waals surface area contributed by atoms with Crippen molar-refractivity contribution >= 4 is 23.7 Å². The number of unbranched alkanes of at least 4 members (excludes halogenated alkanes) is 4. The minimum atomic E-state index is -0.0262. The fourth-order valence-corrected chi connectivity index (χ4v) is 1.80. The summed E-state index contributed by atoms with van der Waals surface area (Å²) < 4.78 is 0. The van der Waals surface area contributed by atoms with Gasteiger partial charge in [-0.15, -0.1) is 0 Å². The highest BCUT2D eigenvalue weighted by atomic mass is 35.5. The van der Waals surface area contributed by atoms with Gasteiger partial charge < -0.3 is 0 Å². The van der Waals surface area contributed by atoms with Crippen LogP contribution in [-0.2, 0) is 4.79 Å². The monoisotopic (exact) mass is 280 g/mol. The highest BCUT2D eigenvalue weighted by Crippen LogP contribution is 2.08. The molecule has 1 amide bonds. The van der Waals surface area contributed by atoms with Crippen LogP contribution in [0, 0.1) is 0 Å². The van der Waals surface area contributed by atoms with Gasteiger partial charge in [0.05, 0.1) is 6.21 Å². The van der Waals surface area contributed by atoms with Gasteiger partial charge in [0.2, 0.25) is 5.91 Å². The molecule has 0 radical (unpaired) electrons. The summed E-state index contributed by atoms with van der Waals surface area (Å²) in [5.41, 5.74) is 3.44. The molecular formula is C15H21ClN2O. The Kier molecular flexibility index (Phi) is 7.91. The van der Waals surface area contributed by atoms with E-state index in [4.69, 9.17) is 11.6 Å². The molecule has 4 heteroatoms. The van der Waals surface area contributed by atoms with Crippen molar-refractivity contribution in [2.75, 3.05) is 0 Å². The van der Waals surface area contributed by atoms with Crippen LogP contribution in [0.3, 0.4) is 0 Å². The third kappa shape index (κ3) is 7.62. The number of hydrogen-bond donors (Lipinski definition) is 1. The summed E-state index contributed by atoms with van der Waals surface area (Å²) in [6.45, 7) is 2.18. The quantitative estimate of drug-likeness (QED) is 0.434. The van der Waals surface area contributed by atoms with E-state index in [2.05, 4.69) is 17.5 Å². The molecule has 0 spiro atoms. The Labute approximate surface area is 120 Å². The van der Waals surface area contributed by atoms with Crippen LogP contribution in [0.1, 0.15) is 51.0 Å². The number of rotatable bonds is 8. The number of nitrogens with one attached hydrogen (secondary N) is 1. The molecule has 0 atom stereocenters. The van der Waals surface area contributed by atoms with E-state index in [1.165, 1.54) is 19.3 Å². The van der Waals surface area contributed by atoms with Gasteiger partial charge in [-0.25, -0.2) is 5.43 Å². The maximum atomic E-state index is 11.5. The van der Waals surface area contributed by atoms with Gasteiger partial charge >= 0.3 is 0 Å². The van der Waals surface area contributed by atoms with Crippen molar-refractivity contribution < 1.29 is 4.79 Å². The molecule has 104 valence electrons. The largest absolute Gasteiger partial charge is 0.273 e. The van der Waals surface area contributed by atoms with Gasteiger partial charge in [0, 0.05) is 11.4 Å². The van der Waals surface area contributed by atoms with Gasteiger partial charge in [0.15, 0.2) is 0 Å². The summed E-state index contributed by atoms with van der Waals surface area (Å²) in [5, 5.41) is 4.61. The molecule has 0 fully saturated rings. The Bertz CT molecular complexity index is 401. The van der Waals surface area contributed by atoms with Crippen LogP contribution in [0.15, 0.2) is 29.4 Å². The maximum absolute atomic E-state index is 11.5. The molecule has 0 saturated heterocycles. The molecule has 0 saturated carbocycles. The molecule has 3 nitrogen and oxygen atoms in total. The molecule has 0 aromatic heterocycles. The van der Waals surface area contributed by atoms with Gasteiger partial charge in [-0.2, -0.15) is 5.10 Å². The van der Waals surface area contributed by atoms with E-state index < -0.39 is 0 Å². The number of carbonyl (C=O) groups is 1. The van der Waals surface area contributed by atoms with E-state index in [1.807, 2.05) is 12.1 Å². The van der Waals surface area contributed by atoms with Crippen LogP contribution in [-0.4, -0.2) is 12.1 Å². The van der Waals surface area contributed by atoms with E-state index in [-0.39, 0.29) is 5.91 Å². The van der Waals surface area contributed by atoms with Crippen LogP contribution in [0.4, 0.5) is 0 Å². The highest BCUT2D eigenvalue weighted by molar-refractivity contribution is 6.30. The normalized spacial score (nSPS) is 10.8. The first-order valence-corrected chi connectivity index (χ1v) is 7.17. The third-order valence-corrected chi connectivity index (χ3v) is 3.03. The highest BCUT2D eigenvalue weighted by Gasteiger charge is 1.98. The van der Waals surface area contributed by atoms with Crippen molar-refractivity contribution in [1.29, 1.82) is 0 Å². The summed E-state index contributed by atoms with van der Waals surface area (Å²) in [6.07, 6.45) is 7.88. The summed E-state index contributed by atoms with van der Waals surface area (Å²) in [5.74, 6) is -0.0262. The molecule has 19 heavy (non-hydrogen) atoms. The van der Waals surface area contributed by atoms with Crippen LogP contribution in [0.2, 0.25) is 5.02 Å². The molecule has 1 N–H and O–H groups in total. The zero-order chi connectivity index (χ0) is 13.9. The molecule has 1 aromatic rings. The van der Waals surface area contributed by atoms with Crippen LogP contribution >= 0.6 is 11.6 Å². The summed E-state index contributed by atoms with van der Waals surface area (Å²) in [4.78, 5) is 11.5. The fraction of sp³-hybridized carbons (Fsp3) is 0.467. The molecule has 1 rings (SSSR count). The molecule has 0 aliphatic rings. The molecular weight excluding hydrogens is 260 g/mol. The minimum absolute atomic E-state index is 0.0262. The number of halogens is 1. The van der Waals surface area contributed by atoms with E-state index in [0.29, 0.717) is 11.4 Å². The minimum Gasteiger partial charge on any atom is -0.273 e. The number of hydrogen-bond acceptors (Lipinski definition) is 2. The van der Waals surface area contributed by atoms with Crippen LogP contribution in [0.25, 0.3) is 0 Å². The van der Waals surface area contributed by atoms with Crippen molar-refractivity contribution in [3.05, 3.63) is 34.9 Å². The average molecular weight is 281 g/mol. The second-order valence-electron chi connectivity index (χ2n) is 4.51. The van der Waals surface area contributed by atoms with Gasteiger partial charge in [0.25, 0.3) is 0 Å². The Hall–Kier alpha value is -1.35. The van der Waals surface area contributed by atoms with Crippen molar-refractivity contribution in [3.63, 3.8) is 0 Å². The second-order valence-corrected chi connectivity index (χ2v) is 4.95. The van der Waals surface area contributed by atoms with Gasteiger partial charge in [-0.1, -0.05) is 56.3 Å². The first-order valence-electron chi connectivity index (χ1n) is 6.80. The molecule has 0 aliphatic carbocycles. The zero-order valence-corrected chi connectivity index (χ0v) is 12.1. The number of benzene rings is 1. The van der Waals surface area contributed by atoms with Gasteiger partial charge in [-0.05, 0) is 24.1 Å². The fourth-order valence-electron chi connectivity index (χ4n) is 1.67. The standard InChI is InChI=1S/C15H21ClN2O/c1-2-3-4-5-6-7-15(19)18-17-12-13-8-10-14(16)11-9-13/h8-12H,2-7H2,1H3,(H,18,19). The van der Waals surface area contributed by atoms with Gasteiger partial charge in [0.1, 0.15) is 0 Å². The SMILES string of the molecule is CCCCCCCC(=O)NN=Cc1ccc(Cl)cc1. The molecule has 0 heterocycles. The third-order valence-electron chi connectivity index (χ3n) is 2.78. The topological polar surface area (TPSA) is 41.5 Å². The summed E-state index contributed by atoms with van der Waals surface area (Å²) >= 11 is 5.78. The first-order chi connectivity index (χ1) is 9.22. The number of nitrogens with zero attached hydrogens (tertiary/aromatic N) is 1. The van der Waals surface area contributed by atoms with E-state index >= 15 is 0 Å². The van der Waals surface area contributed by atoms with Crippen LogP contribution < -0.4 is 5.43 Å². The van der Waals surface area contributed by atoms with Crippen LogP contribution in [0.5, 0.6) is 0 Å². The van der Waals surface area contributed by atoms with Crippen molar-refractivity contribution in [1.82, 2.24) is 5.43 Å². The zero-order valence-electron chi connectivity index (χ0n) is 11.4. The second kappa shape index (κ2) is 9.56. The Morgan fingerprint density at radius 1 is 1.21 bits per heavy atom. The van der Waals surface area contributed by atoms with E-state index in [1.54, 1.807) is 18.3 Å². The number of amides is 1. The lowest BCUT2D eigenvalue weighted by Gasteiger charge is -2.00. The number of hydrazone groups is 1. The Balaban J connectivity index is 2.17. The predicted octanol–water partition coefficient (Wildman–Crippen LogP) is 4.15. The van der Waals surface area contributed by atoms with Gasteiger partial charge in [-0.3, -0.25) is 4.79 Å². The molecule has 0 bridgehead atoms. The lowest BCUT2D eigenvalue weighted by atomic mass is 10.1. The molecule has 0 aliphatic heterocycles. The molecule has 0 unspecified atom stereocenters. The summed E-state index contributed by atoms with van der Waals surface area (Å²) in [6, 6.07) is 7.28. The average Bonchev–Trinajstić information content (AvgIpc) is 2.41.